The zero-order valence-corrected chi connectivity index (χ0v) is 14.4. The van der Waals surface area contributed by atoms with Gasteiger partial charge in [-0.1, -0.05) is 54.1 Å². The number of aliphatic hydroxyl groups is 1. The Bertz CT molecular complexity index is 903. The first-order chi connectivity index (χ1) is 12.1. The highest BCUT2D eigenvalue weighted by atomic mass is 35.5. The Kier molecular flexibility index (Phi) is 4.15. The van der Waals surface area contributed by atoms with Crippen molar-refractivity contribution < 1.29 is 5.11 Å². The smallest absolute Gasteiger partial charge is 0.132 e. The fourth-order valence-corrected chi connectivity index (χ4v) is 3.59. The second-order valence-corrected chi connectivity index (χ2v) is 6.73. The van der Waals surface area contributed by atoms with E-state index in [4.69, 9.17) is 11.6 Å². The summed E-state index contributed by atoms with van der Waals surface area (Å²) in [6.45, 7) is 0.288. The summed E-state index contributed by atoms with van der Waals surface area (Å²) in [5, 5.41) is 20.7. The molecule has 0 radical (unpaired) electrons. The maximum atomic E-state index is 11.7. The molecule has 5 heteroatoms. The number of aryl methyl sites for hydroxylation is 1. The van der Waals surface area contributed by atoms with Gasteiger partial charge in [0.2, 0.25) is 0 Å². The molecule has 0 bridgehead atoms. The van der Waals surface area contributed by atoms with Gasteiger partial charge in [0.05, 0.1) is 18.9 Å². The van der Waals surface area contributed by atoms with E-state index in [0.717, 1.165) is 29.5 Å². The van der Waals surface area contributed by atoms with Gasteiger partial charge in [-0.3, -0.25) is 0 Å². The first kappa shape index (κ1) is 16.1. The zero-order chi connectivity index (χ0) is 17.3. The lowest BCUT2D eigenvalue weighted by Gasteiger charge is -2.36. The van der Waals surface area contributed by atoms with E-state index in [1.807, 2.05) is 42.5 Å². The first-order valence-corrected chi connectivity index (χ1v) is 8.64. The van der Waals surface area contributed by atoms with Crippen molar-refractivity contribution in [3.05, 3.63) is 88.2 Å². The lowest BCUT2D eigenvalue weighted by Crippen LogP contribution is -2.38. The lowest BCUT2D eigenvalue weighted by atomic mass is 9.74. The minimum absolute atomic E-state index is 0.288. The molecule has 126 valence electrons. The van der Waals surface area contributed by atoms with Crippen molar-refractivity contribution in [1.29, 1.82) is 0 Å². The van der Waals surface area contributed by atoms with Gasteiger partial charge in [0.1, 0.15) is 5.60 Å². The molecule has 2 aromatic carbocycles. The Morgan fingerprint density at radius 1 is 1.04 bits per heavy atom. The van der Waals surface area contributed by atoms with Gasteiger partial charge in [0.15, 0.2) is 0 Å². The summed E-state index contributed by atoms with van der Waals surface area (Å²) in [5.74, 6) is 0. The van der Waals surface area contributed by atoms with Crippen molar-refractivity contribution in [3.63, 3.8) is 0 Å². The van der Waals surface area contributed by atoms with E-state index in [1.54, 1.807) is 12.4 Å². The maximum Gasteiger partial charge on any atom is 0.132 e. The van der Waals surface area contributed by atoms with Gasteiger partial charge in [0.25, 0.3) is 0 Å². The van der Waals surface area contributed by atoms with E-state index in [2.05, 4.69) is 22.3 Å². The molecule has 4 nitrogen and oxygen atoms in total. The largest absolute Gasteiger partial charge is 0.379 e. The van der Waals surface area contributed by atoms with Crippen LogP contribution in [0.4, 0.5) is 0 Å². The Balaban J connectivity index is 1.81. The van der Waals surface area contributed by atoms with E-state index < -0.39 is 5.60 Å². The van der Waals surface area contributed by atoms with E-state index >= 15 is 0 Å². The average molecular weight is 352 g/mol. The lowest BCUT2D eigenvalue weighted by molar-refractivity contribution is 0.0413. The molecule has 1 heterocycles. The molecule has 4 rings (SSSR count). The third-order valence-corrected chi connectivity index (χ3v) is 4.96. The number of aromatic nitrogens is 3. The van der Waals surface area contributed by atoms with E-state index in [-0.39, 0.29) is 6.54 Å². The van der Waals surface area contributed by atoms with Gasteiger partial charge in [-0.15, -0.1) is 0 Å². The summed E-state index contributed by atoms with van der Waals surface area (Å²) in [4.78, 5) is 1.54. The monoisotopic (exact) mass is 351 g/mol. The van der Waals surface area contributed by atoms with Crippen LogP contribution in [0.2, 0.25) is 5.02 Å². The highest BCUT2D eigenvalue weighted by Gasteiger charge is 2.39. The first-order valence-electron chi connectivity index (χ1n) is 8.27. The van der Waals surface area contributed by atoms with Crippen molar-refractivity contribution in [2.24, 2.45) is 0 Å². The van der Waals surface area contributed by atoms with Gasteiger partial charge in [-0.25, -0.2) is 0 Å². The summed E-state index contributed by atoms with van der Waals surface area (Å²) in [6, 6.07) is 15.7. The van der Waals surface area contributed by atoms with Crippen LogP contribution in [0.1, 0.15) is 23.1 Å². The van der Waals surface area contributed by atoms with Crippen LogP contribution in [-0.2, 0) is 18.6 Å². The fraction of sp³-hybridized carbons (Fsp3) is 0.200. The van der Waals surface area contributed by atoms with E-state index in [1.165, 1.54) is 10.4 Å². The van der Waals surface area contributed by atoms with Gasteiger partial charge in [-0.05, 0) is 47.2 Å². The number of hydrogen-bond acceptors (Lipinski definition) is 3. The standard InChI is InChI=1S/C20H18ClN3O/c21-18-9-5-15(6-10-18)13-17-8-7-16-3-1-2-4-19(16)20(17,25)14-24-22-11-12-23-24/h1-6,9-13,25H,7-8,14H2/b17-13+. The molecule has 3 aromatic rings. The Hall–Kier alpha value is -2.43. The van der Waals surface area contributed by atoms with Crippen LogP contribution in [0.5, 0.6) is 0 Å². The van der Waals surface area contributed by atoms with Gasteiger partial charge < -0.3 is 5.11 Å². The van der Waals surface area contributed by atoms with Crippen LogP contribution in [0.3, 0.4) is 0 Å². The summed E-state index contributed by atoms with van der Waals surface area (Å²) < 4.78 is 0. The second kappa shape index (κ2) is 6.47. The molecule has 0 amide bonds. The Labute approximate surface area is 151 Å². The molecule has 0 fully saturated rings. The summed E-state index contributed by atoms with van der Waals surface area (Å²) in [6.07, 6.45) is 7.00. The van der Waals surface area contributed by atoms with Crippen LogP contribution in [0, 0.1) is 0 Å². The topological polar surface area (TPSA) is 50.9 Å². The van der Waals surface area contributed by atoms with Crippen LogP contribution in [0.15, 0.2) is 66.5 Å². The molecule has 1 aliphatic rings. The molecule has 1 aromatic heterocycles. The number of nitrogens with zero attached hydrogens (tertiary/aromatic N) is 3. The third-order valence-electron chi connectivity index (χ3n) is 4.71. The molecule has 1 atom stereocenters. The van der Waals surface area contributed by atoms with Crippen molar-refractivity contribution in [1.82, 2.24) is 15.0 Å². The quantitative estimate of drug-likeness (QED) is 0.779. The van der Waals surface area contributed by atoms with Crippen molar-refractivity contribution in [3.8, 4) is 0 Å². The van der Waals surface area contributed by atoms with E-state index in [9.17, 15) is 5.11 Å². The minimum atomic E-state index is -1.13. The molecule has 25 heavy (non-hydrogen) atoms. The molecule has 1 unspecified atom stereocenters. The predicted octanol–water partition coefficient (Wildman–Crippen LogP) is 3.85. The van der Waals surface area contributed by atoms with Crippen LogP contribution >= 0.6 is 11.6 Å². The molecule has 1 N–H and O–H groups in total. The summed E-state index contributed by atoms with van der Waals surface area (Å²) in [7, 11) is 0. The molecule has 0 spiro atoms. The van der Waals surface area contributed by atoms with Crippen molar-refractivity contribution >= 4 is 17.7 Å². The highest BCUT2D eigenvalue weighted by Crippen LogP contribution is 2.41. The second-order valence-electron chi connectivity index (χ2n) is 6.30. The number of halogens is 1. The SMILES string of the molecule is OC1(Cn2nccn2)/C(=C/c2ccc(Cl)cc2)CCc2ccccc21. The highest BCUT2D eigenvalue weighted by molar-refractivity contribution is 6.30. The molecular weight excluding hydrogens is 334 g/mol. The normalized spacial score (nSPS) is 21.3. The van der Waals surface area contributed by atoms with E-state index in [0.29, 0.717) is 5.02 Å². The van der Waals surface area contributed by atoms with Gasteiger partial charge >= 0.3 is 0 Å². The zero-order valence-electron chi connectivity index (χ0n) is 13.6. The maximum absolute atomic E-state index is 11.7. The van der Waals surface area contributed by atoms with Crippen LogP contribution < -0.4 is 0 Å². The average Bonchev–Trinajstić information content (AvgIpc) is 3.12. The minimum Gasteiger partial charge on any atom is -0.379 e. The Morgan fingerprint density at radius 2 is 1.76 bits per heavy atom. The van der Waals surface area contributed by atoms with Crippen LogP contribution in [-0.4, -0.2) is 20.1 Å². The molecule has 1 aliphatic carbocycles. The van der Waals surface area contributed by atoms with Gasteiger partial charge in [0, 0.05) is 5.02 Å². The molecule has 0 saturated heterocycles. The number of fused-ring (bicyclic) bond motifs is 1. The summed E-state index contributed by atoms with van der Waals surface area (Å²) in [5.41, 5.74) is 2.95. The van der Waals surface area contributed by atoms with Crippen LogP contribution in [0.25, 0.3) is 6.08 Å². The fourth-order valence-electron chi connectivity index (χ4n) is 3.46. The van der Waals surface area contributed by atoms with Crippen molar-refractivity contribution in [2.75, 3.05) is 0 Å². The Morgan fingerprint density at radius 3 is 2.52 bits per heavy atom. The molecular formula is C20H18ClN3O. The summed E-state index contributed by atoms with van der Waals surface area (Å²) >= 11 is 5.98. The third kappa shape index (κ3) is 3.11. The van der Waals surface area contributed by atoms with Gasteiger partial charge in [-0.2, -0.15) is 15.0 Å². The number of rotatable bonds is 3. The predicted molar refractivity (Wildman–Crippen MR) is 98.1 cm³/mol. The van der Waals surface area contributed by atoms with Crippen molar-refractivity contribution in [2.45, 2.75) is 25.0 Å². The number of hydrogen-bond donors (Lipinski definition) is 1. The number of benzene rings is 2. The molecule has 0 aliphatic heterocycles. The molecule has 0 saturated carbocycles.